The molecule has 1 amide bonds. The lowest BCUT2D eigenvalue weighted by Gasteiger charge is -2.01. The van der Waals surface area contributed by atoms with Gasteiger partial charge in [-0.1, -0.05) is 0 Å². The van der Waals surface area contributed by atoms with E-state index in [9.17, 15) is 4.79 Å². The number of aromatic amines is 1. The third-order valence-electron chi connectivity index (χ3n) is 2.65. The minimum absolute atomic E-state index is 0.215. The fourth-order valence-electron chi connectivity index (χ4n) is 1.78. The molecule has 5 nitrogen and oxygen atoms in total. The molecule has 90 valence electrons. The summed E-state index contributed by atoms with van der Waals surface area (Å²) < 4.78 is 5.08. The smallest absolute Gasteiger partial charge is 0.301 e. The Kier molecular flexibility index (Phi) is 2.37. The summed E-state index contributed by atoms with van der Waals surface area (Å²) in [7, 11) is 0. The van der Waals surface area contributed by atoms with Crippen molar-refractivity contribution in [1.82, 2.24) is 9.97 Å². The first kappa shape index (κ1) is 10.6. The van der Waals surface area contributed by atoms with Crippen molar-refractivity contribution in [2.75, 3.05) is 5.32 Å². The first-order chi connectivity index (χ1) is 8.72. The summed E-state index contributed by atoms with van der Waals surface area (Å²) in [6.07, 6.45) is 3.33. The molecule has 0 aliphatic heterocycles. The van der Waals surface area contributed by atoms with Crippen LogP contribution >= 0.6 is 0 Å². The Labute approximate surface area is 103 Å². The number of rotatable bonds is 2. The van der Waals surface area contributed by atoms with Gasteiger partial charge in [-0.25, -0.2) is 0 Å². The Morgan fingerprint density at radius 1 is 1.39 bits per heavy atom. The van der Waals surface area contributed by atoms with Crippen molar-refractivity contribution in [3.8, 4) is 0 Å². The maximum atomic E-state index is 12.0. The Hall–Kier alpha value is -2.56. The quantitative estimate of drug-likeness (QED) is 0.724. The van der Waals surface area contributed by atoms with Crippen molar-refractivity contribution in [1.29, 1.82) is 0 Å². The monoisotopic (exact) mass is 241 g/mol. The molecule has 0 saturated heterocycles. The van der Waals surface area contributed by atoms with Gasteiger partial charge in [0.1, 0.15) is 6.26 Å². The van der Waals surface area contributed by atoms with E-state index in [0.29, 0.717) is 5.56 Å². The molecule has 0 bridgehead atoms. The molecule has 18 heavy (non-hydrogen) atoms. The number of H-pyrrole nitrogens is 1. The van der Waals surface area contributed by atoms with Crippen molar-refractivity contribution in [2.45, 2.75) is 6.92 Å². The number of nitrogens with zero attached hydrogens (tertiary/aromatic N) is 1. The lowest BCUT2D eigenvalue weighted by Crippen LogP contribution is -2.11. The van der Waals surface area contributed by atoms with E-state index in [1.54, 1.807) is 13.0 Å². The molecule has 2 N–H and O–H groups in total. The Balaban J connectivity index is 1.87. The van der Waals surface area contributed by atoms with Crippen LogP contribution in [-0.2, 0) is 0 Å². The second-order valence-corrected chi connectivity index (χ2v) is 4.03. The molecule has 0 aliphatic rings. The minimum Gasteiger partial charge on any atom is -0.432 e. The lowest BCUT2D eigenvalue weighted by molar-refractivity contribution is 0.102. The number of aryl methyl sites for hydroxylation is 1. The van der Waals surface area contributed by atoms with Gasteiger partial charge in [0.25, 0.3) is 5.91 Å². The van der Waals surface area contributed by atoms with Crippen LogP contribution in [0.5, 0.6) is 0 Å². The highest BCUT2D eigenvalue weighted by Gasteiger charge is 2.10. The number of nitrogens with one attached hydrogen (secondary N) is 2. The number of hydrogen-bond donors (Lipinski definition) is 2. The molecular formula is C13H11N3O2. The molecular weight excluding hydrogens is 230 g/mol. The van der Waals surface area contributed by atoms with E-state index in [1.807, 2.05) is 24.4 Å². The molecule has 0 atom stereocenters. The summed E-state index contributed by atoms with van der Waals surface area (Å²) >= 11 is 0. The number of hydrogen-bond acceptors (Lipinski definition) is 3. The summed E-state index contributed by atoms with van der Waals surface area (Å²) in [5.74, 6) is -0.236. The second-order valence-electron chi connectivity index (χ2n) is 4.03. The molecule has 3 rings (SSSR count). The summed E-state index contributed by atoms with van der Waals surface area (Å²) in [5, 5.41) is 3.60. The molecule has 3 aromatic rings. The third-order valence-corrected chi connectivity index (χ3v) is 2.65. The van der Waals surface area contributed by atoms with Gasteiger partial charge in [-0.3, -0.25) is 10.1 Å². The van der Waals surface area contributed by atoms with Crippen molar-refractivity contribution in [3.05, 3.63) is 48.0 Å². The maximum Gasteiger partial charge on any atom is 0.301 e. The second kappa shape index (κ2) is 4.03. The topological polar surface area (TPSA) is 70.9 Å². The van der Waals surface area contributed by atoms with Crippen LogP contribution in [0.15, 0.2) is 41.1 Å². The first-order valence-electron chi connectivity index (χ1n) is 5.53. The molecule has 0 spiro atoms. The fourth-order valence-corrected chi connectivity index (χ4v) is 1.78. The number of benzene rings is 1. The zero-order valence-electron chi connectivity index (χ0n) is 9.73. The largest absolute Gasteiger partial charge is 0.432 e. The summed E-state index contributed by atoms with van der Waals surface area (Å²) in [5.41, 5.74) is 2.29. The molecule has 0 aliphatic carbocycles. The van der Waals surface area contributed by atoms with Crippen LogP contribution < -0.4 is 5.32 Å². The van der Waals surface area contributed by atoms with Crippen LogP contribution in [0.3, 0.4) is 0 Å². The van der Waals surface area contributed by atoms with Gasteiger partial charge in [-0.2, -0.15) is 4.98 Å². The van der Waals surface area contributed by atoms with Crippen LogP contribution in [0, 0.1) is 6.92 Å². The number of carbonyl (C=O) groups is 1. The van der Waals surface area contributed by atoms with Crippen LogP contribution in [0.4, 0.5) is 6.01 Å². The zero-order chi connectivity index (χ0) is 12.5. The fraction of sp³-hybridized carbons (Fsp3) is 0.0769. The predicted octanol–water partition coefficient (Wildman–Crippen LogP) is 2.72. The van der Waals surface area contributed by atoms with Gasteiger partial charge in [0.15, 0.2) is 0 Å². The Morgan fingerprint density at radius 3 is 3.06 bits per heavy atom. The highest BCUT2D eigenvalue weighted by molar-refractivity contribution is 6.05. The van der Waals surface area contributed by atoms with E-state index < -0.39 is 0 Å². The van der Waals surface area contributed by atoms with E-state index in [2.05, 4.69) is 15.3 Å². The number of anilines is 1. The summed E-state index contributed by atoms with van der Waals surface area (Å²) in [6.45, 7) is 1.80. The number of oxazole rings is 1. The molecule has 2 aromatic heterocycles. The van der Waals surface area contributed by atoms with Crippen molar-refractivity contribution >= 4 is 22.8 Å². The van der Waals surface area contributed by atoms with E-state index >= 15 is 0 Å². The van der Waals surface area contributed by atoms with Gasteiger partial charge in [0.2, 0.25) is 0 Å². The number of fused-ring (bicyclic) bond motifs is 1. The average molecular weight is 241 g/mol. The van der Waals surface area contributed by atoms with Crippen molar-refractivity contribution < 1.29 is 9.21 Å². The van der Waals surface area contributed by atoms with Crippen LogP contribution in [0.2, 0.25) is 0 Å². The number of carbonyl (C=O) groups excluding carboxylic acids is 1. The van der Waals surface area contributed by atoms with Crippen molar-refractivity contribution in [3.63, 3.8) is 0 Å². The standard InChI is InChI=1S/C13H11N3O2/c1-8-7-18-13(15-8)16-12(17)10-2-3-11-9(6-10)4-5-14-11/h2-7,14H,1H3,(H,15,16,17). The lowest BCUT2D eigenvalue weighted by atomic mass is 10.1. The summed E-state index contributed by atoms with van der Waals surface area (Å²) in [4.78, 5) is 19.1. The molecule has 0 radical (unpaired) electrons. The first-order valence-corrected chi connectivity index (χ1v) is 5.53. The van der Waals surface area contributed by atoms with Gasteiger partial charge in [-0.15, -0.1) is 0 Å². The van der Waals surface area contributed by atoms with Gasteiger partial charge in [0, 0.05) is 22.7 Å². The maximum absolute atomic E-state index is 12.0. The normalized spacial score (nSPS) is 10.7. The summed E-state index contributed by atoms with van der Waals surface area (Å²) in [6, 6.07) is 7.57. The highest BCUT2D eigenvalue weighted by atomic mass is 16.4. The predicted molar refractivity (Wildman–Crippen MR) is 67.5 cm³/mol. The molecule has 0 unspecified atom stereocenters. The highest BCUT2D eigenvalue weighted by Crippen LogP contribution is 2.15. The van der Waals surface area contributed by atoms with Gasteiger partial charge in [0.05, 0.1) is 5.69 Å². The molecule has 1 aromatic carbocycles. The SMILES string of the molecule is Cc1coc(NC(=O)c2ccc3[nH]ccc3c2)n1. The minimum atomic E-state index is -0.236. The van der Waals surface area contributed by atoms with Gasteiger partial charge >= 0.3 is 6.01 Å². The number of amides is 1. The van der Waals surface area contributed by atoms with Crippen molar-refractivity contribution in [2.24, 2.45) is 0 Å². The van der Waals surface area contributed by atoms with Crippen LogP contribution in [0.25, 0.3) is 10.9 Å². The Morgan fingerprint density at radius 2 is 2.28 bits per heavy atom. The van der Waals surface area contributed by atoms with E-state index in [0.717, 1.165) is 16.6 Å². The van der Waals surface area contributed by atoms with E-state index in [4.69, 9.17) is 4.42 Å². The molecule has 0 fully saturated rings. The zero-order valence-corrected chi connectivity index (χ0v) is 9.73. The van der Waals surface area contributed by atoms with E-state index in [1.165, 1.54) is 6.26 Å². The number of aromatic nitrogens is 2. The average Bonchev–Trinajstić information content (AvgIpc) is 2.96. The van der Waals surface area contributed by atoms with Crippen LogP contribution in [-0.4, -0.2) is 15.9 Å². The van der Waals surface area contributed by atoms with Crippen LogP contribution in [0.1, 0.15) is 16.1 Å². The third kappa shape index (κ3) is 1.86. The Bertz CT molecular complexity index is 712. The van der Waals surface area contributed by atoms with Gasteiger partial charge < -0.3 is 9.40 Å². The van der Waals surface area contributed by atoms with Gasteiger partial charge in [-0.05, 0) is 31.2 Å². The molecule has 5 heteroatoms. The molecule has 0 saturated carbocycles. The van der Waals surface area contributed by atoms with E-state index in [-0.39, 0.29) is 11.9 Å². The molecule has 2 heterocycles.